The third-order valence-corrected chi connectivity index (χ3v) is 4.97. The van der Waals surface area contributed by atoms with Crippen LogP contribution in [-0.4, -0.2) is 48.3 Å². The van der Waals surface area contributed by atoms with Gasteiger partial charge in [0.05, 0.1) is 12.6 Å². The van der Waals surface area contributed by atoms with Crippen LogP contribution >= 0.6 is 0 Å². The molecule has 0 aliphatic heterocycles. The predicted molar refractivity (Wildman–Crippen MR) is 114 cm³/mol. The van der Waals surface area contributed by atoms with Gasteiger partial charge in [0.1, 0.15) is 0 Å². The normalized spacial score (nSPS) is 11.9. The Morgan fingerprint density at radius 1 is 0.964 bits per heavy atom. The Labute approximate surface area is 168 Å². The van der Waals surface area contributed by atoms with Gasteiger partial charge in [-0.1, -0.05) is 48.9 Å². The molecule has 0 radical (unpaired) electrons. The van der Waals surface area contributed by atoms with E-state index >= 15 is 0 Å². The summed E-state index contributed by atoms with van der Waals surface area (Å²) in [6.45, 7) is 6.70. The molecule has 2 aromatic carbocycles. The van der Waals surface area contributed by atoms with Gasteiger partial charge >= 0.3 is 0 Å². The summed E-state index contributed by atoms with van der Waals surface area (Å²) in [6.07, 6.45) is 1.01. The second-order valence-corrected chi connectivity index (χ2v) is 7.37. The van der Waals surface area contributed by atoms with Crippen LogP contribution in [-0.2, 0) is 22.6 Å². The quantitative estimate of drug-likeness (QED) is 0.762. The molecule has 0 unspecified atom stereocenters. The molecule has 1 N–H and O–H groups in total. The number of benzene rings is 2. The minimum absolute atomic E-state index is 0.0239. The van der Waals surface area contributed by atoms with E-state index in [0.717, 1.165) is 17.7 Å². The number of nitrogens with zero attached hydrogens (tertiary/aromatic N) is 2. The molecule has 2 amide bonds. The average Bonchev–Trinajstić information content (AvgIpc) is 2.69. The fraction of sp³-hybridized carbons (Fsp3) is 0.391. The first-order chi connectivity index (χ1) is 13.3. The number of rotatable bonds is 8. The molecule has 28 heavy (non-hydrogen) atoms. The zero-order chi connectivity index (χ0) is 20.7. The first-order valence-electron chi connectivity index (χ1n) is 9.69. The van der Waals surface area contributed by atoms with E-state index in [4.69, 9.17) is 0 Å². The Bertz CT molecular complexity index is 784. The zero-order valence-electron chi connectivity index (χ0n) is 17.5. The maximum atomic E-state index is 12.7. The molecule has 0 saturated carbocycles. The van der Waals surface area contributed by atoms with E-state index in [-0.39, 0.29) is 24.4 Å². The van der Waals surface area contributed by atoms with Crippen molar-refractivity contribution in [1.29, 1.82) is 0 Å². The van der Waals surface area contributed by atoms with E-state index in [1.807, 2.05) is 50.1 Å². The summed E-state index contributed by atoms with van der Waals surface area (Å²) in [4.78, 5) is 28.4. The van der Waals surface area contributed by atoms with Crippen LogP contribution in [0.2, 0.25) is 0 Å². The van der Waals surface area contributed by atoms with E-state index in [1.165, 1.54) is 16.0 Å². The molecule has 0 aliphatic rings. The van der Waals surface area contributed by atoms with Crippen molar-refractivity contribution in [1.82, 2.24) is 9.80 Å². The number of likely N-dealkylation sites (N-methyl/N-ethyl adjacent to an activating group) is 2. The highest BCUT2D eigenvalue weighted by atomic mass is 16.2. The number of anilines is 1. The van der Waals surface area contributed by atoms with Gasteiger partial charge in [-0.15, -0.1) is 0 Å². The average molecular weight is 382 g/mol. The predicted octanol–water partition coefficient (Wildman–Crippen LogP) is 3.47. The lowest BCUT2D eigenvalue weighted by molar-refractivity contribution is -0.137. The maximum absolute atomic E-state index is 12.7. The molecule has 2 rings (SSSR count). The lowest BCUT2D eigenvalue weighted by atomic mass is 10.1. The largest absolute Gasteiger partial charge is 0.335 e. The standard InChI is InChI=1S/C23H31N3O2/c1-6-19-9-11-20(12-10-19)15-25(4)18(3)23(28)26(5)16-22(27)24-21-13-7-17(2)8-14-21/h7-14,18H,6,15-16H2,1-5H3,(H,24,27)/t18-/m0/s1. The summed E-state index contributed by atoms with van der Waals surface area (Å²) < 4.78 is 0. The summed E-state index contributed by atoms with van der Waals surface area (Å²) in [5, 5.41) is 2.83. The molecule has 0 aliphatic carbocycles. The smallest absolute Gasteiger partial charge is 0.243 e. The van der Waals surface area contributed by atoms with Crippen LogP contribution in [0.5, 0.6) is 0 Å². The molecule has 0 heterocycles. The molecule has 1 atom stereocenters. The van der Waals surface area contributed by atoms with Crippen LogP contribution in [0.25, 0.3) is 0 Å². The van der Waals surface area contributed by atoms with Crippen molar-refractivity contribution in [3.8, 4) is 0 Å². The summed E-state index contributed by atoms with van der Waals surface area (Å²) in [5.41, 5.74) is 4.33. The van der Waals surface area contributed by atoms with Crippen molar-refractivity contribution in [3.63, 3.8) is 0 Å². The van der Waals surface area contributed by atoms with E-state index in [0.29, 0.717) is 6.54 Å². The molecule has 0 bridgehead atoms. The molecular formula is C23H31N3O2. The van der Waals surface area contributed by atoms with Crippen LogP contribution in [0.4, 0.5) is 5.69 Å². The molecular weight excluding hydrogens is 350 g/mol. The number of carbonyl (C=O) groups is 2. The Kier molecular flexibility index (Phi) is 7.76. The second-order valence-electron chi connectivity index (χ2n) is 7.37. The van der Waals surface area contributed by atoms with E-state index < -0.39 is 0 Å². The summed E-state index contributed by atoms with van der Waals surface area (Å²) in [7, 11) is 3.59. The highest BCUT2D eigenvalue weighted by Crippen LogP contribution is 2.11. The van der Waals surface area contributed by atoms with Gasteiger partial charge in [0.15, 0.2) is 0 Å². The minimum Gasteiger partial charge on any atom is -0.335 e. The molecule has 0 spiro atoms. The van der Waals surface area contributed by atoms with Crippen LogP contribution in [0.15, 0.2) is 48.5 Å². The first-order valence-corrected chi connectivity index (χ1v) is 9.69. The fourth-order valence-corrected chi connectivity index (χ4v) is 2.94. The van der Waals surface area contributed by atoms with Crippen molar-refractivity contribution < 1.29 is 9.59 Å². The van der Waals surface area contributed by atoms with Gasteiger partial charge in [0, 0.05) is 19.3 Å². The Morgan fingerprint density at radius 3 is 2.11 bits per heavy atom. The van der Waals surface area contributed by atoms with Gasteiger partial charge in [-0.25, -0.2) is 0 Å². The van der Waals surface area contributed by atoms with Crippen LogP contribution in [0.3, 0.4) is 0 Å². The van der Waals surface area contributed by atoms with Crippen LogP contribution in [0.1, 0.15) is 30.5 Å². The molecule has 150 valence electrons. The van der Waals surface area contributed by atoms with Gasteiger partial charge in [0.25, 0.3) is 0 Å². The van der Waals surface area contributed by atoms with Gasteiger partial charge < -0.3 is 10.2 Å². The van der Waals surface area contributed by atoms with Gasteiger partial charge in [-0.3, -0.25) is 14.5 Å². The fourth-order valence-electron chi connectivity index (χ4n) is 2.94. The third-order valence-electron chi connectivity index (χ3n) is 4.97. The monoisotopic (exact) mass is 381 g/mol. The van der Waals surface area contributed by atoms with Crippen molar-refractivity contribution >= 4 is 17.5 Å². The van der Waals surface area contributed by atoms with E-state index in [1.54, 1.807) is 7.05 Å². The number of hydrogen-bond donors (Lipinski definition) is 1. The summed E-state index contributed by atoms with van der Waals surface area (Å²) in [6, 6.07) is 15.7. The van der Waals surface area contributed by atoms with Crippen molar-refractivity contribution in [2.45, 2.75) is 39.8 Å². The third kappa shape index (κ3) is 6.20. The molecule has 0 fully saturated rings. The zero-order valence-corrected chi connectivity index (χ0v) is 17.5. The maximum Gasteiger partial charge on any atom is 0.243 e. The minimum atomic E-state index is -0.317. The number of hydrogen-bond acceptors (Lipinski definition) is 3. The second kappa shape index (κ2) is 10.0. The van der Waals surface area contributed by atoms with Gasteiger partial charge in [0.2, 0.25) is 11.8 Å². The van der Waals surface area contributed by atoms with E-state index in [9.17, 15) is 9.59 Å². The van der Waals surface area contributed by atoms with Gasteiger partial charge in [-0.05, 0) is 50.6 Å². The first kappa shape index (κ1) is 21.6. The molecule has 5 heteroatoms. The van der Waals surface area contributed by atoms with Crippen molar-refractivity contribution in [3.05, 3.63) is 65.2 Å². The van der Waals surface area contributed by atoms with Gasteiger partial charge in [-0.2, -0.15) is 0 Å². The van der Waals surface area contributed by atoms with Crippen molar-refractivity contribution in [2.24, 2.45) is 0 Å². The number of carbonyl (C=O) groups excluding carboxylic acids is 2. The lowest BCUT2D eigenvalue weighted by Gasteiger charge is -2.28. The number of amides is 2. The van der Waals surface area contributed by atoms with Crippen LogP contribution in [0, 0.1) is 6.92 Å². The highest BCUT2D eigenvalue weighted by molar-refractivity contribution is 5.95. The van der Waals surface area contributed by atoms with E-state index in [2.05, 4.69) is 36.5 Å². The topological polar surface area (TPSA) is 52.7 Å². The molecule has 5 nitrogen and oxygen atoms in total. The summed E-state index contributed by atoms with van der Waals surface area (Å²) in [5.74, 6) is -0.281. The Morgan fingerprint density at radius 2 is 1.54 bits per heavy atom. The number of aryl methyl sites for hydroxylation is 2. The Balaban J connectivity index is 1.87. The highest BCUT2D eigenvalue weighted by Gasteiger charge is 2.23. The lowest BCUT2D eigenvalue weighted by Crippen LogP contribution is -2.46. The molecule has 0 saturated heterocycles. The van der Waals surface area contributed by atoms with Crippen LogP contribution < -0.4 is 5.32 Å². The SMILES string of the molecule is CCc1ccc(CN(C)[C@@H](C)C(=O)N(C)CC(=O)Nc2ccc(C)cc2)cc1. The van der Waals surface area contributed by atoms with Crippen molar-refractivity contribution in [2.75, 3.05) is 26.0 Å². The summed E-state index contributed by atoms with van der Waals surface area (Å²) >= 11 is 0. The molecule has 2 aromatic rings. The molecule has 0 aromatic heterocycles. The number of nitrogens with one attached hydrogen (secondary N) is 1. The Hall–Kier alpha value is -2.66.